The van der Waals surface area contributed by atoms with Crippen LogP contribution in [0.1, 0.15) is 45.6 Å². The van der Waals surface area contributed by atoms with Gasteiger partial charge in [0.25, 0.3) is 0 Å². The van der Waals surface area contributed by atoms with Gasteiger partial charge in [0, 0.05) is 25.0 Å². The number of hydrogen-bond acceptors (Lipinski definition) is 3. The Kier molecular flexibility index (Phi) is 8.89. The third-order valence-electron chi connectivity index (χ3n) is 5.43. The van der Waals surface area contributed by atoms with E-state index in [1.807, 2.05) is 13.0 Å². The van der Waals surface area contributed by atoms with E-state index < -0.39 is 0 Å². The summed E-state index contributed by atoms with van der Waals surface area (Å²) in [5.74, 6) is 0.349. The van der Waals surface area contributed by atoms with Gasteiger partial charge in [0.1, 0.15) is 5.82 Å². The first-order chi connectivity index (χ1) is 13.8. The number of nitrogens with zero attached hydrogens (tertiary/aromatic N) is 2. The van der Waals surface area contributed by atoms with Gasteiger partial charge in [0.05, 0.1) is 12.5 Å². The zero-order chi connectivity index (χ0) is 21.3. The van der Waals surface area contributed by atoms with Crippen molar-refractivity contribution in [2.45, 2.75) is 45.4 Å². The third-order valence-corrected chi connectivity index (χ3v) is 5.43. The topological polar surface area (TPSA) is 82.8 Å². The first kappa shape index (κ1) is 23.1. The summed E-state index contributed by atoms with van der Waals surface area (Å²) < 4.78 is 13.6. The van der Waals surface area contributed by atoms with E-state index >= 15 is 0 Å². The van der Waals surface area contributed by atoms with E-state index in [1.54, 1.807) is 12.1 Å². The second-order valence-electron chi connectivity index (χ2n) is 8.41. The highest BCUT2D eigenvalue weighted by Crippen LogP contribution is 2.24. The predicted molar refractivity (Wildman–Crippen MR) is 116 cm³/mol. The van der Waals surface area contributed by atoms with Crippen LogP contribution in [0.3, 0.4) is 0 Å². The van der Waals surface area contributed by atoms with Crippen LogP contribution >= 0.6 is 0 Å². The van der Waals surface area contributed by atoms with E-state index in [1.165, 1.54) is 6.07 Å². The summed E-state index contributed by atoms with van der Waals surface area (Å²) in [4.78, 5) is 18.4. The molecule has 6 nitrogen and oxygen atoms in total. The van der Waals surface area contributed by atoms with Crippen molar-refractivity contribution in [3.05, 3.63) is 35.6 Å². The molecule has 1 heterocycles. The summed E-state index contributed by atoms with van der Waals surface area (Å²) in [6.45, 7) is 11.0. The first-order valence-corrected chi connectivity index (χ1v) is 10.6. The zero-order valence-electron chi connectivity index (χ0n) is 18.0. The summed E-state index contributed by atoms with van der Waals surface area (Å²) >= 11 is 0. The van der Waals surface area contributed by atoms with Crippen LogP contribution in [0, 0.1) is 11.7 Å². The van der Waals surface area contributed by atoms with E-state index in [0.29, 0.717) is 6.54 Å². The van der Waals surface area contributed by atoms with Crippen molar-refractivity contribution in [1.82, 2.24) is 15.5 Å². The van der Waals surface area contributed by atoms with E-state index in [0.717, 1.165) is 63.5 Å². The highest BCUT2D eigenvalue weighted by Gasteiger charge is 2.23. The predicted octanol–water partition coefficient (Wildman–Crippen LogP) is 2.25. The number of benzene rings is 1. The summed E-state index contributed by atoms with van der Waals surface area (Å²) in [5.41, 5.74) is 6.13. The Morgan fingerprint density at radius 2 is 2.17 bits per heavy atom. The molecule has 2 rings (SSSR count). The number of primary amides is 1. The molecule has 1 aromatic rings. The fourth-order valence-corrected chi connectivity index (χ4v) is 3.62. The number of rotatable bonds is 9. The summed E-state index contributed by atoms with van der Waals surface area (Å²) in [7, 11) is 0. The number of carbonyl (C=O) groups is 1. The highest BCUT2D eigenvalue weighted by atomic mass is 19.1. The fraction of sp³-hybridized carbons (Fsp3) is 0.636. The van der Waals surface area contributed by atoms with Gasteiger partial charge < -0.3 is 21.3 Å². The Bertz CT molecular complexity index is 692. The Morgan fingerprint density at radius 1 is 1.38 bits per heavy atom. The number of likely N-dealkylation sites (tertiary alicyclic amines) is 1. The van der Waals surface area contributed by atoms with Gasteiger partial charge in [-0.1, -0.05) is 26.0 Å². The van der Waals surface area contributed by atoms with Crippen LogP contribution in [0.15, 0.2) is 29.3 Å². The van der Waals surface area contributed by atoms with Crippen LogP contribution in [0.2, 0.25) is 0 Å². The second-order valence-corrected chi connectivity index (χ2v) is 8.41. The molecule has 1 unspecified atom stereocenters. The number of nitrogens with two attached hydrogens (primary N) is 1. The van der Waals surface area contributed by atoms with Gasteiger partial charge in [-0.3, -0.25) is 9.79 Å². The van der Waals surface area contributed by atoms with Gasteiger partial charge in [-0.25, -0.2) is 4.39 Å². The van der Waals surface area contributed by atoms with E-state index in [9.17, 15) is 9.18 Å². The number of halogens is 1. The quantitative estimate of drug-likeness (QED) is 0.334. The molecule has 1 fully saturated rings. The molecule has 0 saturated carbocycles. The molecular weight excluding hydrogens is 369 g/mol. The maximum Gasteiger partial charge on any atom is 0.221 e. The van der Waals surface area contributed by atoms with Gasteiger partial charge in [-0.05, 0) is 57.0 Å². The molecule has 1 aliphatic rings. The standard InChI is InChI=1S/C22H36FN5O/c1-4-25-21(27-16-22(2,3)18-9-5-10-19(23)14-18)26-11-7-13-28-12-6-8-17(15-28)20(24)29/h5,9-10,14,17H,4,6-8,11-13,15-16H2,1-3H3,(H2,24,29)(H2,25,26,27). The second kappa shape index (κ2) is 11.1. The molecule has 162 valence electrons. The lowest BCUT2D eigenvalue weighted by atomic mass is 9.85. The van der Waals surface area contributed by atoms with Crippen LogP contribution in [-0.4, -0.2) is 56.0 Å². The number of aliphatic imine (C=N–C) groups is 1. The van der Waals surface area contributed by atoms with Crippen LogP contribution in [0.25, 0.3) is 0 Å². The Labute approximate surface area is 174 Å². The lowest BCUT2D eigenvalue weighted by Crippen LogP contribution is -2.43. The minimum absolute atomic E-state index is 0.0133. The molecule has 1 amide bonds. The van der Waals surface area contributed by atoms with Crippen molar-refractivity contribution in [3.63, 3.8) is 0 Å². The Balaban J connectivity index is 1.82. The molecule has 0 bridgehead atoms. The minimum Gasteiger partial charge on any atom is -0.369 e. The molecule has 1 saturated heterocycles. The largest absolute Gasteiger partial charge is 0.369 e. The summed E-state index contributed by atoms with van der Waals surface area (Å²) in [5, 5.41) is 6.64. The Hall–Kier alpha value is -2.15. The first-order valence-electron chi connectivity index (χ1n) is 10.6. The molecular formula is C22H36FN5O. The SMILES string of the molecule is CCNC(=NCC(C)(C)c1cccc(F)c1)NCCCN1CCCC(C(N)=O)C1. The molecule has 1 aliphatic heterocycles. The summed E-state index contributed by atoms with van der Waals surface area (Å²) in [6, 6.07) is 6.72. The number of carbonyl (C=O) groups excluding carboxylic acids is 1. The average molecular weight is 406 g/mol. The van der Waals surface area contributed by atoms with Crippen molar-refractivity contribution >= 4 is 11.9 Å². The summed E-state index contributed by atoms with van der Waals surface area (Å²) in [6.07, 6.45) is 2.89. The molecule has 29 heavy (non-hydrogen) atoms. The molecule has 7 heteroatoms. The highest BCUT2D eigenvalue weighted by molar-refractivity contribution is 5.79. The average Bonchev–Trinajstić information content (AvgIpc) is 2.69. The molecule has 4 N–H and O–H groups in total. The number of nitrogens with one attached hydrogen (secondary N) is 2. The van der Waals surface area contributed by atoms with Gasteiger partial charge >= 0.3 is 0 Å². The lowest BCUT2D eigenvalue weighted by molar-refractivity contribution is -0.123. The van der Waals surface area contributed by atoms with Gasteiger partial charge in [0.15, 0.2) is 5.96 Å². The molecule has 0 radical (unpaired) electrons. The van der Waals surface area contributed by atoms with Crippen LogP contribution in [-0.2, 0) is 10.2 Å². The van der Waals surface area contributed by atoms with E-state index in [-0.39, 0.29) is 23.1 Å². The van der Waals surface area contributed by atoms with Crippen molar-refractivity contribution in [2.24, 2.45) is 16.6 Å². The number of hydrogen-bond donors (Lipinski definition) is 3. The van der Waals surface area contributed by atoms with Crippen molar-refractivity contribution < 1.29 is 9.18 Å². The van der Waals surface area contributed by atoms with Gasteiger partial charge in [0.2, 0.25) is 5.91 Å². The van der Waals surface area contributed by atoms with Crippen molar-refractivity contribution in [2.75, 3.05) is 39.3 Å². The maximum absolute atomic E-state index is 13.6. The van der Waals surface area contributed by atoms with E-state index in [2.05, 4.69) is 29.4 Å². The van der Waals surface area contributed by atoms with Crippen molar-refractivity contribution in [3.8, 4) is 0 Å². The Morgan fingerprint density at radius 3 is 2.86 bits per heavy atom. The zero-order valence-corrected chi connectivity index (χ0v) is 18.0. The van der Waals surface area contributed by atoms with Gasteiger partial charge in [-0.15, -0.1) is 0 Å². The van der Waals surface area contributed by atoms with Crippen LogP contribution in [0.4, 0.5) is 4.39 Å². The molecule has 0 aromatic heterocycles. The molecule has 1 aromatic carbocycles. The normalized spacial score (nSPS) is 18.5. The van der Waals surface area contributed by atoms with Crippen molar-refractivity contribution in [1.29, 1.82) is 0 Å². The number of piperidine rings is 1. The molecule has 0 spiro atoms. The lowest BCUT2D eigenvalue weighted by Gasteiger charge is -2.31. The number of amides is 1. The molecule has 0 aliphatic carbocycles. The maximum atomic E-state index is 13.6. The van der Waals surface area contributed by atoms with Gasteiger partial charge in [-0.2, -0.15) is 0 Å². The molecule has 1 atom stereocenters. The smallest absolute Gasteiger partial charge is 0.221 e. The fourth-order valence-electron chi connectivity index (χ4n) is 3.62. The number of guanidine groups is 1. The van der Waals surface area contributed by atoms with Crippen LogP contribution in [0.5, 0.6) is 0 Å². The monoisotopic (exact) mass is 405 g/mol. The third kappa shape index (κ3) is 7.65. The van der Waals surface area contributed by atoms with E-state index in [4.69, 9.17) is 10.7 Å². The van der Waals surface area contributed by atoms with Crippen LogP contribution < -0.4 is 16.4 Å². The minimum atomic E-state index is -0.262.